The second-order valence-electron chi connectivity index (χ2n) is 4.99. The molecule has 0 unspecified atom stereocenters. The number of hydrogen-bond donors (Lipinski definition) is 2. The zero-order valence-electron chi connectivity index (χ0n) is 12.7. The van der Waals surface area contributed by atoms with E-state index in [0.29, 0.717) is 10.1 Å². The SMILES string of the molecule is Cc1ccccc1CSCCNC(=S)Nc1ccc(Br)c(Cl)c1. The fourth-order valence-corrected chi connectivity index (χ4v) is 3.52. The zero-order chi connectivity index (χ0) is 16.7. The van der Waals surface area contributed by atoms with Gasteiger partial charge in [-0.15, -0.1) is 0 Å². The van der Waals surface area contributed by atoms with Crippen LogP contribution < -0.4 is 10.6 Å². The van der Waals surface area contributed by atoms with Gasteiger partial charge in [-0.2, -0.15) is 11.8 Å². The van der Waals surface area contributed by atoms with E-state index in [4.69, 9.17) is 23.8 Å². The highest BCUT2D eigenvalue weighted by molar-refractivity contribution is 9.10. The van der Waals surface area contributed by atoms with Gasteiger partial charge in [-0.1, -0.05) is 35.9 Å². The fraction of sp³-hybridized carbons (Fsp3) is 0.235. The van der Waals surface area contributed by atoms with Crippen molar-refractivity contribution in [2.75, 3.05) is 17.6 Å². The molecule has 0 bridgehead atoms. The van der Waals surface area contributed by atoms with Gasteiger partial charge in [0.05, 0.1) is 5.02 Å². The van der Waals surface area contributed by atoms with Crippen LogP contribution in [-0.4, -0.2) is 17.4 Å². The van der Waals surface area contributed by atoms with Crippen LogP contribution >= 0.6 is 51.5 Å². The minimum atomic E-state index is 0.611. The molecular formula is C17H18BrClN2S2. The van der Waals surface area contributed by atoms with Gasteiger partial charge in [0.2, 0.25) is 0 Å². The summed E-state index contributed by atoms with van der Waals surface area (Å²) in [6.45, 7) is 2.98. The van der Waals surface area contributed by atoms with Crippen LogP contribution in [0.4, 0.5) is 5.69 Å². The van der Waals surface area contributed by atoms with Gasteiger partial charge in [-0.3, -0.25) is 0 Å². The molecule has 0 atom stereocenters. The molecule has 0 aliphatic carbocycles. The standard InChI is InChI=1S/C17H18BrClN2S2/c1-12-4-2-3-5-13(12)11-23-9-8-20-17(22)21-14-6-7-15(18)16(19)10-14/h2-7,10H,8-9,11H2,1H3,(H2,20,21,22). The van der Waals surface area contributed by atoms with E-state index in [2.05, 4.69) is 57.8 Å². The Labute approximate surface area is 160 Å². The molecule has 0 aliphatic rings. The maximum absolute atomic E-state index is 6.06. The lowest BCUT2D eigenvalue weighted by molar-refractivity contribution is 0.989. The van der Waals surface area contributed by atoms with Gasteiger partial charge in [0.15, 0.2) is 5.11 Å². The summed E-state index contributed by atoms with van der Waals surface area (Å²) in [5.41, 5.74) is 3.61. The Bertz CT molecular complexity index is 679. The summed E-state index contributed by atoms with van der Waals surface area (Å²) in [5, 5.41) is 7.61. The fourth-order valence-electron chi connectivity index (χ4n) is 1.94. The van der Waals surface area contributed by atoms with Gasteiger partial charge in [-0.05, 0) is 64.4 Å². The number of halogens is 2. The lowest BCUT2D eigenvalue weighted by Gasteiger charge is -2.11. The molecule has 0 saturated heterocycles. The van der Waals surface area contributed by atoms with Gasteiger partial charge in [0.1, 0.15) is 0 Å². The smallest absolute Gasteiger partial charge is 0.170 e. The first-order valence-corrected chi connectivity index (χ1v) is 9.92. The highest BCUT2D eigenvalue weighted by atomic mass is 79.9. The summed E-state index contributed by atoms with van der Waals surface area (Å²) in [6.07, 6.45) is 0. The van der Waals surface area contributed by atoms with E-state index in [0.717, 1.165) is 28.2 Å². The van der Waals surface area contributed by atoms with E-state index in [1.165, 1.54) is 11.1 Å². The van der Waals surface area contributed by atoms with Crippen molar-refractivity contribution in [3.63, 3.8) is 0 Å². The molecule has 2 aromatic carbocycles. The first kappa shape index (κ1) is 18.6. The largest absolute Gasteiger partial charge is 0.362 e. The Kier molecular flexibility index (Phi) is 7.70. The second kappa shape index (κ2) is 9.52. The minimum absolute atomic E-state index is 0.611. The van der Waals surface area contributed by atoms with Gasteiger partial charge in [0.25, 0.3) is 0 Å². The first-order chi connectivity index (χ1) is 11.1. The van der Waals surface area contributed by atoms with Crippen molar-refractivity contribution in [3.8, 4) is 0 Å². The van der Waals surface area contributed by atoms with E-state index in [1.54, 1.807) is 0 Å². The Morgan fingerprint density at radius 2 is 2.04 bits per heavy atom. The van der Waals surface area contributed by atoms with Crippen molar-refractivity contribution in [2.45, 2.75) is 12.7 Å². The van der Waals surface area contributed by atoms with Crippen LogP contribution in [0.2, 0.25) is 5.02 Å². The molecule has 0 spiro atoms. The second-order valence-corrected chi connectivity index (χ2v) is 7.76. The van der Waals surface area contributed by atoms with Crippen molar-refractivity contribution in [1.82, 2.24) is 5.32 Å². The van der Waals surface area contributed by atoms with Crippen molar-refractivity contribution in [2.24, 2.45) is 0 Å². The van der Waals surface area contributed by atoms with Crippen LogP contribution in [0.1, 0.15) is 11.1 Å². The first-order valence-electron chi connectivity index (χ1n) is 7.18. The summed E-state index contributed by atoms with van der Waals surface area (Å²) in [6, 6.07) is 14.2. The predicted octanol–water partition coefficient (Wildman–Crippen LogP) is 5.63. The van der Waals surface area contributed by atoms with Crippen molar-refractivity contribution in [3.05, 3.63) is 63.1 Å². The molecule has 23 heavy (non-hydrogen) atoms. The van der Waals surface area contributed by atoms with Crippen LogP contribution in [0.15, 0.2) is 46.9 Å². The molecule has 0 aliphatic heterocycles. The summed E-state index contributed by atoms with van der Waals surface area (Å²) in [7, 11) is 0. The number of thioether (sulfide) groups is 1. The molecular weight excluding hydrogens is 412 g/mol. The molecule has 0 radical (unpaired) electrons. The lowest BCUT2D eigenvalue weighted by atomic mass is 10.1. The summed E-state index contributed by atoms with van der Waals surface area (Å²) < 4.78 is 0.871. The highest BCUT2D eigenvalue weighted by Crippen LogP contribution is 2.25. The highest BCUT2D eigenvalue weighted by Gasteiger charge is 2.02. The number of hydrogen-bond acceptors (Lipinski definition) is 2. The van der Waals surface area contributed by atoms with E-state index >= 15 is 0 Å². The maximum atomic E-state index is 6.06. The molecule has 2 aromatic rings. The number of benzene rings is 2. The lowest BCUT2D eigenvalue weighted by Crippen LogP contribution is -2.30. The molecule has 122 valence electrons. The zero-order valence-corrected chi connectivity index (χ0v) is 16.7. The van der Waals surface area contributed by atoms with Crippen LogP contribution in [0.5, 0.6) is 0 Å². The van der Waals surface area contributed by atoms with Crippen LogP contribution in [0, 0.1) is 6.92 Å². The average molecular weight is 430 g/mol. The maximum Gasteiger partial charge on any atom is 0.170 e. The molecule has 0 amide bonds. The minimum Gasteiger partial charge on any atom is -0.362 e. The summed E-state index contributed by atoms with van der Waals surface area (Å²) >= 11 is 16.6. The third kappa shape index (κ3) is 6.34. The number of rotatable bonds is 6. The Hall–Kier alpha value is -0.750. The number of nitrogens with one attached hydrogen (secondary N) is 2. The molecule has 0 fully saturated rings. The molecule has 2 N–H and O–H groups in total. The molecule has 2 nitrogen and oxygen atoms in total. The molecule has 2 rings (SSSR count). The van der Waals surface area contributed by atoms with Gasteiger partial charge in [-0.25, -0.2) is 0 Å². The van der Waals surface area contributed by atoms with E-state index < -0.39 is 0 Å². The Balaban J connectivity index is 1.67. The molecule has 0 aromatic heterocycles. The third-order valence-corrected chi connectivity index (χ3v) is 5.72. The quantitative estimate of drug-likeness (QED) is 0.459. The predicted molar refractivity (Wildman–Crippen MR) is 111 cm³/mol. The summed E-state index contributed by atoms with van der Waals surface area (Å²) in [4.78, 5) is 0. The van der Waals surface area contributed by atoms with Gasteiger partial charge in [0, 0.05) is 28.2 Å². The topological polar surface area (TPSA) is 24.1 Å². The van der Waals surface area contributed by atoms with Crippen molar-refractivity contribution in [1.29, 1.82) is 0 Å². The van der Waals surface area contributed by atoms with Crippen molar-refractivity contribution < 1.29 is 0 Å². The van der Waals surface area contributed by atoms with Crippen LogP contribution in [-0.2, 0) is 5.75 Å². The van der Waals surface area contributed by atoms with Crippen molar-refractivity contribution >= 4 is 62.3 Å². The van der Waals surface area contributed by atoms with Gasteiger partial charge >= 0.3 is 0 Å². The number of thiocarbonyl (C=S) groups is 1. The van der Waals surface area contributed by atoms with E-state index in [-0.39, 0.29) is 0 Å². The monoisotopic (exact) mass is 428 g/mol. The summed E-state index contributed by atoms with van der Waals surface area (Å²) in [5.74, 6) is 2.02. The Morgan fingerprint density at radius 3 is 2.78 bits per heavy atom. The number of anilines is 1. The normalized spacial score (nSPS) is 10.4. The third-order valence-electron chi connectivity index (χ3n) is 3.23. The molecule has 0 heterocycles. The van der Waals surface area contributed by atoms with Gasteiger partial charge < -0.3 is 10.6 Å². The average Bonchev–Trinajstić information content (AvgIpc) is 2.52. The molecule has 6 heteroatoms. The van der Waals surface area contributed by atoms with E-state index in [9.17, 15) is 0 Å². The number of aryl methyl sites for hydroxylation is 1. The van der Waals surface area contributed by atoms with E-state index in [1.807, 2.05) is 30.0 Å². The Morgan fingerprint density at radius 1 is 1.26 bits per heavy atom. The molecule has 0 saturated carbocycles. The van der Waals surface area contributed by atoms with Crippen LogP contribution in [0.3, 0.4) is 0 Å². The van der Waals surface area contributed by atoms with Crippen LogP contribution in [0.25, 0.3) is 0 Å².